The molecular formula is C17H24Cl2N2O3. The maximum absolute atomic E-state index is 11.7. The van der Waals surface area contributed by atoms with E-state index < -0.39 is 11.7 Å². The van der Waals surface area contributed by atoms with Crippen LogP contribution in [0.3, 0.4) is 0 Å². The molecule has 0 heterocycles. The lowest BCUT2D eigenvalue weighted by Crippen LogP contribution is -2.35. The lowest BCUT2D eigenvalue weighted by molar-refractivity contribution is -0.120. The Bertz CT molecular complexity index is 571. The minimum atomic E-state index is -0.545. The van der Waals surface area contributed by atoms with E-state index in [9.17, 15) is 9.59 Å². The molecule has 0 aliphatic carbocycles. The fourth-order valence-electron chi connectivity index (χ4n) is 1.90. The summed E-state index contributed by atoms with van der Waals surface area (Å²) in [6.07, 6.45) is 1.29. The smallest absolute Gasteiger partial charge is 0.407 e. The first kappa shape index (κ1) is 20.6. The molecule has 24 heavy (non-hydrogen) atoms. The summed E-state index contributed by atoms with van der Waals surface area (Å²) in [4.78, 5) is 23.1. The van der Waals surface area contributed by atoms with Crippen LogP contribution in [0.5, 0.6) is 0 Å². The van der Waals surface area contributed by atoms with E-state index in [1.54, 1.807) is 26.8 Å². The molecule has 1 aromatic rings. The summed E-state index contributed by atoms with van der Waals surface area (Å²) in [5.41, 5.74) is 0.530. The van der Waals surface area contributed by atoms with Gasteiger partial charge in [0.15, 0.2) is 0 Å². The Kier molecular flexibility index (Phi) is 8.36. The van der Waals surface area contributed by atoms with Crippen LogP contribution in [0.2, 0.25) is 10.0 Å². The van der Waals surface area contributed by atoms with Crippen molar-refractivity contribution in [2.24, 2.45) is 0 Å². The van der Waals surface area contributed by atoms with Gasteiger partial charge in [-0.15, -0.1) is 0 Å². The third-order valence-electron chi connectivity index (χ3n) is 2.97. The molecule has 0 aliphatic heterocycles. The number of carbonyl (C=O) groups excluding carboxylic acids is 2. The van der Waals surface area contributed by atoms with E-state index in [-0.39, 0.29) is 18.9 Å². The highest BCUT2D eigenvalue weighted by Gasteiger charge is 2.15. The van der Waals surface area contributed by atoms with Crippen LogP contribution >= 0.6 is 23.2 Å². The summed E-state index contributed by atoms with van der Waals surface area (Å²) in [7, 11) is 0. The van der Waals surface area contributed by atoms with Crippen molar-refractivity contribution in [3.8, 4) is 0 Å². The number of benzene rings is 1. The summed E-state index contributed by atoms with van der Waals surface area (Å²) in [6.45, 7) is 6.16. The first-order valence-electron chi connectivity index (χ1n) is 7.85. The summed E-state index contributed by atoms with van der Waals surface area (Å²) in [5.74, 6) is -0.111. The predicted octanol–water partition coefficient (Wildman–Crippen LogP) is 3.96. The SMILES string of the molecule is CC(C)(C)OC(=O)NCCC(=O)NCCCc1ccc(Cl)c(Cl)c1. The molecule has 0 unspecified atom stereocenters. The summed E-state index contributed by atoms with van der Waals surface area (Å²) in [6, 6.07) is 5.51. The minimum Gasteiger partial charge on any atom is -0.444 e. The van der Waals surface area contributed by atoms with Crippen molar-refractivity contribution in [2.75, 3.05) is 13.1 Å². The van der Waals surface area contributed by atoms with Crippen molar-refractivity contribution in [3.63, 3.8) is 0 Å². The number of rotatable bonds is 7. The average molecular weight is 375 g/mol. The Hall–Kier alpha value is -1.46. The normalized spacial score (nSPS) is 11.0. The number of amides is 2. The zero-order valence-electron chi connectivity index (χ0n) is 14.2. The molecule has 0 saturated carbocycles. The summed E-state index contributed by atoms with van der Waals surface area (Å²) < 4.78 is 5.08. The van der Waals surface area contributed by atoms with Crippen LogP contribution in [0.1, 0.15) is 39.2 Å². The van der Waals surface area contributed by atoms with Gasteiger partial charge in [0.2, 0.25) is 5.91 Å². The predicted molar refractivity (Wildman–Crippen MR) is 96.6 cm³/mol. The van der Waals surface area contributed by atoms with Gasteiger partial charge < -0.3 is 15.4 Å². The standard InChI is InChI=1S/C17H24Cl2N2O3/c1-17(2,3)24-16(23)21-10-8-15(22)20-9-4-5-12-6-7-13(18)14(19)11-12/h6-7,11H,4-5,8-10H2,1-3H3,(H,20,22)(H,21,23). The van der Waals surface area contributed by atoms with E-state index in [1.807, 2.05) is 12.1 Å². The van der Waals surface area contributed by atoms with Gasteiger partial charge in [0.1, 0.15) is 5.60 Å². The molecule has 0 spiro atoms. The number of hydrogen-bond acceptors (Lipinski definition) is 3. The monoisotopic (exact) mass is 374 g/mol. The molecule has 0 saturated heterocycles. The topological polar surface area (TPSA) is 67.4 Å². The Morgan fingerprint density at radius 2 is 1.79 bits per heavy atom. The van der Waals surface area contributed by atoms with Gasteiger partial charge in [0.05, 0.1) is 10.0 Å². The van der Waals surface area contributed by atoms with Gasteiger partial charge in [-0.1, -0.05) is 29.3 Å². The first-order chi connectivity index (χ1) is 11.2. The molecule has 0 atom stereocenters. The molecule has 0 aromatic heterocycles. The Morgan fingerprint density at radius 1 is 1.08 bits per heavy atom. The zero-order chi connectivity index (χ0) is 18.2. The Balaban J connectivity index is 2.13. The van der Waals surface area contributed by atoms with E-state index in [4.69, 9.17) is 27.9 Å². The van der Waals surface area contributed by atoms with Crippen LogP contribution in [0.15, 0.2) is 18.2 Å². The fourth-order valence-corrected chi connectivity index (χ4v) is 2.22. The number of alkyl carbamates (subject to hydrolysis) is 1. The second-order valence-corrected chi connectivity index (χ2v) is 7.20. The van der Waals surface area contributed by atoms with Gasteiger partial charge in [-0.3, -0.25) is 4.79 Å². The number of halogens is 2. The van der Waals surface area contributed by atoms with Crippen molar-refractivity contribution in [2.45, 2.75) is 45.6 Å². The van der Waals surface area contributed by atoms with Crippen LogP contribution in [0.4, 0.5) is 4.79 Å². The number of aryl methyl sites for hydroxylation is 1. The molecule has 2 N–H and O–H groups in total. The van der Waals surface area contributed by atoms with Gasteiger partial charge in [-0.25, -0.2) is 4.79 Å². The number of hydrogen-bond donors (Lipinski definition) is 2. The van der Waals surface area contributed by atoms with Gasteiger partial charge in [-0.05, 0) is 51.3 Å². The van der Waals surface area contributed by atoms with Gasteiger partial charge in [-0.2, -0.15) is 0 Å². The van der Waals surface area contributed by atoms with Crippen molar-refractivity contribution >= 4 is 35.2 Å². The molecule has 0 bridgehead atoms. The van der Waals surface area contributed by atoms with E-state index in [2.05, 4.69) is 10.6 Å². The Labute approximate surface area is 153 Å². The highest BCUT2D eigenvalue weighted by molar-refractivity contribution is 6.42. The number of carbonyl (C=O) groups is 2. The Morgan fingerprint density at radius 3 is 2.42 bits per heavy atom. The lowest BCUT2D eigenvalue weighted by Gasteiger charge is -2.19. The van der Waals surface area contributed by atoms with E-state index in [0.29, 0.717) is 16.6 Å². The first-order valence-corrected chi connectivity index (χ1v) is 8.60. The lowest BCUT2D eigenvalue weighted by atomic mass is 10.1. The van der Waals surface area contributed by atoms with Crippen LogP contribution < -0.4 is 10.6 Å². The van der Waals surface area contributed by atoms with Crippen LogP contribution in [-0.4, -0.2) is 30.7 Å². The van der Waals surface area contributed by atoms with Gasteiger partial charge >= 0.3 is 6.09 Å². The van der Waals surface area contributed by atoms with Gasteiger partial charge in [0.25, 0.3) is 0 Å². The second-order valence-electron chi connectivity index (χ2n) is 6.38. The number of ether oxygens (including phenoxy) is 1. The molecule has 2 amide bonds. The summed E-state index contributed by atoms with van der Waals surface area (Å²) in [5, 5.41) is 6.43. The number of nitrogens with one attached hydrogen (secondary N) is 2. The third-order valence-corrected chi connectivity index (χ3v) is 3.71. The second kappa shape index (κ2) is 9.74. The molecule has 1 aromatic carbocycles. The maximum Gasteiger partial charge on any atom is 0.407 e. The molecule has 5 nitrogen and oxygen atoms in total. The molecule has 0 aliphatic rings. The average Bonchev–Trinajstić information content (AvgIpc) is 2.45. The van der Waals surface area contributed by atoms with E-state index >= 15 is 0 Å². The molecule has 0 radical (unpaired) electrons. The molecule has 134 valence electrons. The third kappa shape index (κ3) is 8.99. The largest absolute Gasteiger partial charge is 0.444 e. The van der Waals surface area contributed by atoms with Gasteiger partial charge in [0, 0.05) is 19.5 Å². The molecule has 7 heteroatoms. The van der Waals surface area contributed by atoms with Crippen molar-refractivity contribution < 1.29 is 14.3 Å². The highest BCUT2D eigenvalue weighted by atomic mass is 35.5. The fraction of sp³-hybridized carbons (Fsp3) is 0.529. The van der Waals surface area contributed by atoms with Crippen LogP contribution in [0.25, 0.3) is 0 Å². The van der Waals surface area contributed by atoms with Crippen molar-refractivity contribution in [3.05, 3.63) is 33.8 Å². The molecule has 0 fully saturated rings. The van der Waals surface area contributed by atoms with Crippen molar-refractivity contribution in [1.29, 1.82) is 0 Å². The van der Waals surface area contributed by atoms with E-state index in [1.165, 1.54) is 0 Å². The van der Waals surface area contributed by atoms with Crippen LogP contribution in [0, 0.1) is 0 Å². The maximum atomic E-state index is 11.7. The summed E-state index contributed by atoms with van der Waals surface area (Å²) >= 11 is 11.8. The van der Waals surface area contributed by atoms with E-state index in [0.717, 1.165) is 18.4 Å². The zero-order valence-corrected chi connectivity index (χ0v) is 15.8. The minimum absolute atomic E-state index is 0.111. The van der Waals surface area contributed by atoms with Crippen molar-refractivity contribution in [1.82, 2.24) is 10.6 Å². The molecule has 1 rings (SSSR count). The highest BCUT2D eigenvalue weighted by Crippen LogP contribution is 2.23. The quantitative estimate of drug-likeness (QED) is 0.709. The molecular weight excluding hydrogens is 351 g/mol. The van der Waals surface area contributed by atoms with Crippen LogP contribution in [-0.2, 0) is 16.0 Å².